The van der Waals surface area contributed by atoms with Gasteiger partial charge in [0.25, 0.3) is 0 Å². The van der Waals surface area contributed by atoms with Gasteiger partial charge in [0.1, 0.15) is 11.0 Å². The van der Waals surface area contributed by atoms with Gasteiger partial charge < -0.3 is 4.74 Å². The number of fused-ring (bicyclic) bond motifs is 1. The Hall–Kier alpha value is -1.47. The number of nitrogens with zero attached hydrogens (tertiary/aromatic N) is 2. The smallest absolute Gasteiger partial charge is 0.135 e. The van der Waals surface area contributed by atoms with E-state index < -0.39 is 0 Å². The normalized spacial score (nSPS) is 18.3. The summed E-state index contributed by atoms with van der Waals surface area (Å²) in [6.07, 6.45) is 0. The van der Waals surface area contributed by atoms with Gasteiger partial charge in [-0.15, -0.1) is 0 Å². The Labute approximate surface area is 106 Å². The van der Waals surface area contributed by atoms with Crippen LogP contribution in [0.5, 0.6) is 5.75 Å². The van der Waals surface area contributed by atoms with E-state index in [-0.39, 0.29) is 5.25 Å². The van der Waals surface area contributed by atoms with Crippen LogP contribution in [0.3, 0.4) is 0 Å². The molecule has 0 saturated heterocycles. The monoisotopic (exact) mass is 246 g/mol. The standard InChI is InChI=1S/C13H14N2OS/c1-8(2)13-12(7-14)17-11-6-9(16-3)4-5-10(11)15-13/h4-6,8,12H,1-3H3. The van der Waals surface area contributed by atoms with E-state index in [0.29, 0.717) is 5.92 Å². The van der Waals surface area contributed by atoms with Gasteiger partial charge in [0.15, 0.2) is 0 Å². The lowest BCUT2D eigenvalue weighted by molar-refractivity contribution is 0.414. The Balaban J connectivity index is 2.46. The SMILES string of the molecule is COc1ccc2c(c1)SC(C#N)C(C(C)C)=N2. The number of methoxy groups -OCH3 is 1. The lowest BCUT2D eigenvalue weighted by Gasteiger charge is -2.22. The molecule has 0 N–H and O–H groups in total. The van der Waals surface area contributed by atoms with Crippen molar-refractivity contribution in [1.82, 2.24) is 0 Å². The van der Waals surface area contributed by atoms with E-state index >= 15 is 0 Å². The largest absolute Gasteiger partial charge is 0.497 e. The number of benzene rings is 1. The van der Waals surface area contributed by atoms with Gasteiger partial charge in [-0.25, -0.2) is 0 Å². The Kier molecular flexibility index (Phi) is 3.39. The van der Waals surface area contributed by atoms with Crippen LogP contribution in [0.15, 0.2) is 28.1 Å². The van der Waals surface area contributed by atoms with Crippen molar-refractivity contribution < 1.29 is 4.74 Å². The minimum Gasteiger partial charge on any atom is -0.497 e. The van der Waals surface area contributed by atoms with Crippen molar-refractivity contribution >= 4 is 23.2 Å². The van der Waals surface area contributed by atoms with E-state index in [1.165, 1.54) is 0 Å². The molecule has 0 saturated carbocycles. The maximum absolute atomic E-state index is 9.18. The molecular formula is C13H14N2OS. The quantitative estimate of drug-likeness (QED) is 0.803. The van der Waals surface area contributed by atoms with Gasteiger partial charge in [0.2, 0.25) is 0 Å². The number of hydrogen-bond acceptors (Lipinski definition) is 4. The summed E-state index contributed by atoms with van der Waals surface area (Å²) in [4.78, 5) is 5.60. The molecule has 0 radical (unpaired) electrons. The van der Waals surface area contributed by atoms with Crippen molar-refractivity contribution in [1.29, 1.82) is 5.26 Å². The third-order valence-electron chi connectivity index (χ3n) is 2.64. The van der Waals surface area contributed by atoms with E-state index in [1.54, 1.807) is 18.9 Å². The lowest BCUT2D eigenvalue weighted by Crippen LogP contribution is -2.23. The maximum Gasteiger partial charge on any atom is 0.135 e. The molecule has 0 aromatic heterocycles. The van der Waals surface area contributed by atoms with E-state index in [1.807, 2.05) is 18.2 Å². The van der Waals surface area contributed by atoms with Crippen LogP contribution in [-0.2, 0) is 0 Å². The van der Waals surface area contributed by atoms with Gasteiger partial charge in [0.05, 0.1) is 18.9 Å². The van der Waals surface area contributed by atoms with Crippen molar-refractivity contribution in [2.75, 3.05) is 7.11 Å². The van der Waals surface area contributed by atoms with Crippen molar-refractivity contribution in [3.63, 3.8) is 0 Å². The molecule has 2 rings (SSSR count). The van der Waals surface area contributed by atoms with Gasteiger partial charge >= 0.3 is 0 Å². The van der Waals surface area contributed by atoms with E-state index in [9.17, 15) is 5.26 Å². The molecule has 1 aliphatic heterocycles. The second-order valence-electron chi connectivity index (χ2n) is 4.15. The van der Waals surface area contributed by atoms with Crippen molar-refractivity contribution in [2.24, 2.45) is 10.9 Å². The van der Waals surface area contributed by atoms with Crippen LogP contribution in [-0.4, -0.2) is 18.1 Å². The topological polar surface area (TPSA) is 45.4 Å². The van der Waals surface area contributed by atoms with Gasteiger partial charge in [-0.3, -0.25) is 4.99 Å². The van der Waals surface area contributed by atoms with Crippen LogP contribution < -0.4 is 4.74 Å². The molecule has 3 nitrogen and oxygen atoms in total. The molecule has 1 aromatic rings. The fourth-order valence-corrected chi connectivity index (χ4v) is 2.89. The number of hydrogen-bond donors (Lipinski definition) is 0. The zero-order chi connectivity index (χ0) is 12.4. The summed E-state index contributed by atoms with van der Waals surface area (Å²) in [5, 5.41) is 8.99. The average Bonchev–Trinajstić information content (AvgIpc) is 2.36. The number of thioether (sulfide) groups is 1. The highest BCUT2D eigenvalue weighted by Gasteiger charge is 2.25. The molecule has 0 bridgehead atoms. The molecule has 0 fully saturated rings. The number of rotatable bonds is 2. The Morgan fingerprint density at radius 1 is 1.47 bits per heavy atom. The minimum atomic E-state index is -0.186. The van der Waals surface area contributed by atoms with Crippen LogP contribution in [0.2, 0.25) is 0 Å². The van der Waals surface area contributed by atoms with Gasteiger partial charge in [-0.05, 0) is 24.1 Å². The van der Waals surface area contributed by atoms with E-state index in [4.69, 9.17) is 4.74 Å². The number of nitriles is 1. The van der Waals surface area contributed by atoms with Crippen LogP contribution in [0.25, 0.3) is 0 Å². The molecular weight excluding hydrogens is 232 g/mol. The molecule has 88 valence electrons. The van der Waals surface area contributed by atoms with Crippen molar-refractivity contribution in [2.45, 2.75) is 24.0 Å². The summed E-state index contributed by atoms with van der Waals surface area (Å²) in [7, 11) is 1.64. The highest BCUT2D eigenvalue weighted by molar-refractivity contribution is 8.01. The first-order chi connectivity index (χ1) is 8.15. The zero-order valence-electron chi connectivity index (χ0n) is 10.1. The molecule has 4 heteroatoms. The second-order valence-corrected chi connectivity index (χ2v) is 5.30. The first-order valence-corrected chi connectivity index (χ1v) is 6.36. The molecule has 1 aliphatic rings. The fourth-order valence-electron chi connectivity index (χ4n) is 1.72. The average molecular weight is 246 g/mol. The third-order valence-corrected chi connectivity index (χ3v) is 3.80. The molecule has 0 spiro atoms. The summed E-state index contributed by atoms with van der Waals surface area (Å²) in [5.74, 6) is 1.10. The van der Waals surface area contributed by atoms with Crippen molar-refractivity contribution in [3.05, 3.63) is 18.2 Å². The van der Waals surface area contributed by atoms with E-state index in [0.717, 1.165) is 22.0 Å². The molecule has 17 heavy (non-hydrogen) atoms. The summed E-state index contributed by atoms with van der Waals surface area (Å²) in [5.41, 5.74) is 1.89. The molecule has 1 atom stereocenters. The first-order valence-electron chi connectivity index (χ1n) is 5.48. The Bertz CT molecular complexity index is 503. The Morgan fingerprint density at radius 3 is 2.82 bits per heavy atom. The van der Waals surface area contributed by atoms with Gasteiger partial charge in [-0.1, -0.05) is 25.6 Å². The third kappa shape index (κ3) is 2.29. The lowest BCUT2D eigenvalue weighted by atomic mass is 10.0. The molecule has 0 aliphatic carbocycles. The molecule has 1 unspecified atom stereocenters. The van der Waals surface area contributed by atoms with E-state index in [2.05, 4.69) is 24.9 Å². The minimum absolute atomic E-state index is 0.186. The van der Waals surface area contributed by atoms with Crippen molar-refractivity contribution in [3.8, 4) is 11.8 Å². The second kappa shape index (κ2) is 4.80. The predicted octanol–water partition coefficient (Wildman–Crippen LogP) is 3.42. The Morgan fingerprint density at radius 2 is 2.24 bits per heavy atom. The first kappa shape index (κ1) is 12.0. The van der Waals surface area contributed by atoms with Gasteiger partial charge in [-0.2, -0.15) is 5.26 Å². The van der Waals surface area contributed by atoms with Crippen LogP contribution in [0.4, 0.5) is 5.69 Å². The summed E-state index contributed by atoms with van der Waals surface area (Å²) in [6, 6.07) is 8.08. The number of aliphatic imine (C=N–C) groups is 1. The fraction of sp³-hybridized carbons (Fsp3) is 0.385. The van der Waals surface area contributed by atoms with Crippen LogP contribution >= 0.6 is 11.8 Å². The number of ether oxygens (including phenoxy) is 1. The van der Waals surface area contributed by atoms with Crippen LogP contribution in [0, 0.1) is 17.2 Å². The predicted molar refractivity (Wildman–Crippen MR) is 70.2 cm³/mol. The molecule has 1 heterocycles. The van der Waals surface area contributed by atoms with Gasteiger partial charge in [0, 0.05) is 10.6 Å². The van der Waals surface area contributed by atoms with Crippen LogP contribution in [0.1, 0.15) is 13.8 Å². The molecule has 1 aromatic carbocycles. The zero-order valence-corrected chi connectivity index (χ0v) is 10.9. The summed E-state index contributed by atoms with van der Waals surface area (Å²) in [6.45, 7) is 4.14. The molecule has 0 amide bonds. The highest BCUT2D eigenvalue weighted by atomic mass is 32.2. The highest BCUT2D eigenvalue weighted by Crippen LogP contribution is 2.40. The summed E-state index contributed by atoms with van der Waals surface area (Å²) < 4.78 is 5.18. The summed E-state index contributed by atoms with van der Waals surface area (Å²) >= 11 is 1.55. The maximum atomic E-state index is 9.18.